The van der Waals surface area contributed by atoms with Gasteiger partial charge in [0.2, 0.25) is 0 Å². The van der Waals surface area contributed by atoms with Crippen molar-refractivity contribution in [1.29, 1.82) is 0 Å². The second-order valence-electron chi connectivity index (χ2n) is 4.71. The van der Waals surface area contributed by atoms with Gasteiger partial charge in [0.25, 0.3) is 0 Å². The average Bonchev–Trinajstić information content (AvgIpc) is 2.81. The molecule has 0 aliphatic carbocycles. The lowest BCUT2D eigenvalue weighted by atomic mass is 10.2. The van der Waals surface area contributed by atoms with Crippen LogP contribution in [0, 0.1) is 6.92 Å². The summed E-state index contributed by atoms with van der Waals surface area (Å²) in [6, 6.07) is 8.33. The largest absolute Gasteiger partial charge is 0.492 e. The highest BCUT2D eigenvalue weighted by molar-refractivity contribution is 5.26. The Labute approximate surface area is 113 Å². The van der Waals surface area contributed by atoms with Crippen molar-refractivity contribution < 1.29 is 4.74 Å². The quantitative estimate of drug-likeness (QED) is 0.858. The molecule has 0 fully saturated rings. The van der Waals surface area contributed by atoms with Crippen LogP contribution in [0.1, 0.15) is 18.3 Å². The second-order valence-corrected chi connectivity index (χ2v) is 4.71. The first kappa shape index (κ1) is 13.5. The molecule has 0 radical (unpaired) electrons. The number of nitrogens with one attached hydrogen (secondary N) is 1. The van der Waals surface area contributed by atoms with Crippen molar-refractivity contribution >= 4 is 0 Å². The Balaban J connectivity index is 1.74. The van der Waals surface area contributed by atoms with Gasteiger partial charge in [0, 0.05) is 13.1 Å². The Morgan fingerprint density at radius 3 is 2.68 bits per heavy atom. The normalized spacial score (nSPS) is 12.4. The molecule has 1 heterocycles. The summed E-state index contributed by atoms with van der Waals surface area (Å²) in [6.07, 6.45) is 1.56. The molecule has 1 atom stereocenters. The summed E-state index contributed by atoms with van der Waals surface area (Å²) in [5.41, 5.74) is 1.24. The first-order valence-electron chi connectivity index (χ1n) is 6.41. The van der Waals surface area contributed by atoms with Gasteiger partial charge in [-0.25, -0.2) is 4.98 Å². The molecular weight excluding hydrogens is 240 g/mol. The van der Waals surface area contributed by atoms with Crippen molar-refractivity contribution in [1.82, 2.24) is 20.1 Å². The van der Waals surface area contributed by atoms with Gasteiger partial charge >= 0.3 is 0 Å². The lowest BCUT2D eigenvalue weighted by Gasteiger charge is -2.14. The fourth-order valence-electron chi connectivity index (χ4n) is 1.66. The van der Waals surface area contributed by atoms with E-state index in [-0.39, 0.29) is 6.04 Å². The Morgan fingerprint density at radius 2 is 2.05 bits per heavy atom. The monoisotopic (exact) mass is 260 g/mol. The van der Waals surface area contributed by atoms with Crippen molar-refractivity contribution in [2.75, 3.05) is 6.61 Å². The van der Waals surface area contributed by atoms with Gasteiger partial charge < -0.3 is 10.1 Å². The molecule has 1 aromatic heterocycles. The minimum absolute atomic E-state index is 0.248. The lowest BCUT2D eigenvalue weighted by molar-refractivity contribution is 0.271. The van der Waals surface area contributed by atoms with Gasteiger partial charge in [0.15, 0.2) is 0 Å². The van der Waals surface area contributed by atoms with E-state index >= 15 is 0 Å². The smallest absolute Gasteiger partial charge is 0.140 e. The molecule has 2 rings (SSSR count). The first-order valence-corrected chi connectivity index (χ1v) is 6.41. The maximum atomic E-state index is 5.72. The molecule has 0 aliphatic rings. The van der Waals surface area contributed by atoms with E-state index in [1.54, 1.807) is 11.0 Å². The molecule has 19 heavy (non-hydrogen) atoms. The third kappa shape index (κ3) is 4.06. The van der Waals surface area contributed by atoms with E-state index in [0.29, 0.717) is 13.2 Å². The van der Waals surface area contributed by atoms with Crippen LogP contribution in [0.5, 0.6) is 5.75 Å². The molecule has 0 aliphatic heterocycles. The van der Waals surface area contributed by atoms with Crippen molar-refractivity contribution in [3.05, 3.63) is 42.0 Å². The van der Waals surface area contributed by atoms with Gasteiger partial charge in [-0.15, -0.1) is 0 Å². The van der Waals surface area contributed by atoms with E-state index in [1.807, 2.05) is 31.3 Å². The molecule has 0 bridgehead atoms. The molecular formula is C14H20N4O. The van der Waals surface area contributed by atoms with Crippen LogP contribution in [0.3, 0.4) is 0 Å². The van der Waals surface area contributed by atoms with Gasteiger partial charge in [0.05, 0.1) is 6.54 Å². The second kappa shape index (κ2) is 6.33. The fraction of sp³-hybridized carbons (Fsp3) is 0.429. The predicted molar refractivity (Wildman–Crippen MR) is 74.0 cm³/mol. The van der Waals surface area contributed by atoms with Crippen LogP contribution in [0.4, 0.5) is 0 Å². The van der Waals surface area contributed by atoms with E-state index in [4.69, 9.17) is 4.74 Å². The number of hydrogen-bond acceptors (Lipinski definition) is 4. The molecule has 5 heteroatoms. The summed E-state index contributed by atoms with van der Waals surface area (Å²) in [5.74, 6) is 1.82. The third-order valence-corrected chi connectivity index (χ3v) is 2.93. The Hall–Kier alpha value is -1.88. The number of benzene rings is 1. The standard InChI is InChI=1S/C14H20N4O/c1-11-4-6-13(7-5-11)19-9-12(2)15-8-14-16-10-17-18(14)3/h4-7,10,12,15H,8-9H2,1-3H3. The topological polar surface area (TPSA) is 52.0 Å². The fourth-order valence-corrected chi connectivity index (χ4v) is 1.66. The maximum Gasteiger partial charge on any atom is 0.140 e. The van der Waals surface area contributed by atoms with Crippen molar-refractivity contribution in [3.63, 3.8) is 0 Å². The number of nitrogens with zero attached hydrogens (tertiary/aromatic N) is 3. The number of aromatic nitrogens is 3. The average molecular weight is 260 g/mol. The molecule has 0 saturated carbocycles. The first-order chi connectivity index (χ1) is 9.15. The zero-order valence-electron chi connectivity index (χ0n) is 11.6. The zero-order valence-corrected chi connectivity index (χ0v) is 11.6. The minimum atomic E-state index is 0.248. The van der Waals surface area contributed by atoms with E-state index < -0.39 is 0 Å². The molecule has 102 valence electrons. The van der Waals surface area contributed by atoms with Crippen molar-refractivity contribution in [2.45, 2.75) is 26.4 Å². The Morgan fingerprint density at radius 1 is 1.32 bits per heavy atom. The van der Waals surface area contributed by atoms with E-state index in [1.165, 1.54) is 5.56 Å². The number of rotatable bonds is 6. The molecule has 1 aromatic carbocycles. The molecule has 2 aromatic rings. The van der Waals surface area contributed by atoms with Crippen molar-refractivity contribution in [2.24, 2.45) is 7.05 Å². The van der Waals surface area contributed by atoms with Crippen LogP contribution >= 0.6 is 0 Å². The number of aryl methyl sites for hydroxylation is 2. The number of hydrogen-bond donors (Lipinski definition) is 1. The maximum absolute atomic E-state index is 5.72. The lowest BCUT2D eigenvalue weighted by Crippen LogP contribution is -2.32. The predicted octanol–water partition coefficient (Wildman–Crippen LogP) is 1.68. The Kier molecular flexibility index (Phi) is 4.52. The molecule has 0 saturated heterocycles. The van der Waals surface area contributed by atoms with Crippen LogP contribution < -0.4 is 10.1 Å². The minimum Gasteiger partial charge on any atom is -0.492 e. The summed E-state index contributed by atoms with van der Waals surface area (Å²) in [6.45, 7) is 5.47. The van der Waals surface area contributed by atoms with Gasteiger partial charge in [-0.1, -0.05) is 17.7 Å². The highest BCUT2D eigenvalue weighted by atomic mass is 16.5. The molecule has 0 spiro atoms. The van der Waals surface area contributed by atoms with Crippen LogP contribution in [-0.4, -0.2) is 27.4 Å². The summed E-state index contributed by atoms with van der Waals surface area (Å²) in [7, 11) is 1.89. The Bertz CT molecular complexity index is 506. The SMILES string of the molecule is Cc1ccc(OCC(C)NCc2ncnn2C)cc1. The van der Waals surface area contributed by atoms with Crippen LogP contribution in [0.15, 0.2) is 30.6 Å². The van der Waals surface area contributed by atoms with Gasteiger partial charge in [-0.3, -0.25) is 4.68 Å². The molecule has 1 N–H and O–H groups in total. The molecule has 5 nitrogen and oxygen atoms in total. The summed E-state index contributed by atoms with van der Waals surface area (Å²) in [5, 5.41) is 7.39. The highest BCUT2D eigenvalue weighted by Crippen LogP contribution is 2.11. The summed E-state index contributed by atoms with van der Waals surface area (Å²) < 4.78 is 7.48. The van der Waals surface area contributed by atoms with Crippen LogP contribution in [-0.2, 0) is 13.6 Å². The highest BCUT2D eigenvalue weighted by Gasteiger charge is 2.05. The van der Waals surface area contributed by atoms with E-state index in [9.17, 15) is 0 Å². The zero-order chi connectivity index (χ0) is 13.7. The third-order valence-electron chi connectivity index (χ3n) is 2.93. The van der Waals surface area contributed by atoms with Gasteiger partial charge in [-0.2, -0.15) is 5.10 Å². The molecule has 0 amide bonds. The van der Waals surface area contributed by atoms with Gasteiger partial charge in [-0.05, 0) is 26.0 Å². The van der Waals surface area contributed by atoms with E-state index in [2.05, 4.69) is 29.2 Å². The van der Waals surface area contributed by atoms with E-state index in [0.717, 1.165) is 11.6 Å². The van der Waals surface area contributed by atoms with Crippen LogP contribution in [0.25, 0.3) is 0 Å². The number of ether oxygens (including phenoxy) is 1. The van der Waals surface area contributed by atoms with Crippen molar-refractivity contribution in [3.8, 4) is 5.75 Å². The molecule has 1 unspecified atom stereocenters. The van der Waals surface area contributed by atoms with Crippen LogP contribution in [0.2, 0.25) is 0 Å². The summed E-state index contributed by atoms with van der Waals surface area (Å²) in [4.78, 5) is 4.16. The summed E-state index contributed by atoms with van der Waals surface area (Å²) >= 11 is 0. The van der Waals surface area contributed by atoms with Gasteiger partial charge in [0.1, 0.15) is 24.5 Å².